The molecule has 1 saturated carbocycles. The summed E-state index contributed by atoms with van der Waals surface area (Å²) < 4.78 is 0. The van der Waals surface area contributed by atoms with Crippen LogP contribution in [0.15, 0.2) is 30.5 Å². The highest BCUT2D eigenvalue weighted by Gasteiger charge is 2.24. The summed E-state index contributed by atoms with van der Waals surface area (Å²) in [5.74, 6) is -0.133. The lowest BCUT2D eigenvalue weighted by Gasteiger charge is -2.15. The minimum Gasteiger partial charge on any atom is -0.349 e. The van der Waals surface area contributed by atoms with E-state index in [1.807, 2.05) is 32.0 Å². The van der Waals surface area contributed by atoms with E-state index in [1.54, 1.807) is 12.3 Å². The van der Waals surface area contributed by atoms with E-state index >= 15 is 0 Å². The van der Waals surface area contributed by atoms with E-state index in [-0.39, 0.29) is 17.9 Å². The molecule has 2 N–H and O–H groups in total. The number of aromatic nitrogens is 1. The second kappa shape index (κ2) is 8.55. The second-order valence-corrected chi connectivity index (χ2v) is 7.63. The molecule has 1 aliphatic carbocycles. The minimum absolute atomic E-state index is 0.0342. The lowest BCUT2D eigenvalue weighted by molar-refractivity contribution is 0.0931. The van der Waals surface area contributed by atoms with Crippen LogP contribution >= 0.6 is 0 Å². The fraction of sp³-hybridized carbons (Fsp3) is 0.435. The first kappa shape index (κ1) is 20.1. The summed E-state index contributed by atoms with van der Waals surface area (Å²) in [5, 5.41) is 6.07. The number of hydrogen-bond acceptors (Lipinski definition) is 3. The molecular weight excluding hydrogens is 350 g/mol. The number of benzene rings is 1. The Hall–Kier alpha value is -2.69. The van der Waals surface area contributed by atoms with Crippen molar-refractivity contribution in [3.8, 4) is 11.3 Å². The molecule has 5 heteroatoms. The van der Waals surface area contributed by atoms with Crippen molar-refractivity contribution in [3.05, 3.63) is 52.7 Å². The normalized spacial score (nSPS) is 13.5. The summed E-state index contributed by atoms with van der Waals surface area (Å²) >= 11 is 0. The third-order valence-corrected chi connectivity index (χ3v) is 5.46. The molecule has 0 unspecified atom stereocenters. The molecule has 0 bridgehead atoms. The van der Waals surface area contributed by atoms with Gasteiger partial charge in [0.05, 0.1) is 11.3 Å². The third kappa shape index (κ3) is 4.58. The number of nitrogens with zero attached hydrogens (tertiary/aromatic N) is 1. The Morgan fingerprint density at radius 1 is 1.07 bits per heavy atom. The fourth-order valence-corrected chi connectivity index (χ4v) is 3.20. The van der Waals surface area contributed by atoms with Crippen LogP contribution < -0.4 is 10.6 Å². The van der Waals surface area contributed by atoms with Crippen molar-refractivity contribution in [1.29, 1.82) is 0 Å². The first-order valence-electron chi connectivity index (χ1n) is 10.1. The number of hydrogen-bond donors (Lipinski definition) is 2. The van der Waals surface area contributed by atoms with Crippen LogP contribution in [0.5, 0.6) is 0 Å². The molecule has 2 aromatic rings. The molecule has 5 nitrogen and oxygen atoms in total. The lowest BCUT2D eigenvalue weighted by atomic mass is 9.96. The van der Waals surface area contributed by atoms with Gasteiger partial charge in [0.25, 0.3) is 11.8 Å². The van der Waals surface area contributed by atoms with Crippen LogP contribution in [-0.2, 0) is 0 Å². The van der Waals surface area contributed by atoms with Crippen LogP contribution in [0.3, 0.4) is 0 Å². The zero-order valence-electron chi connectivity index (χ0n) is 17.1. The van der Waals surface area contributed by atoms with Crippen molar-refractivity contribution in [2.45, 2.75) is 65.5 Å². The average Bonchev–Trinajstić information content (AvgIpc) is 3.52. The summed E-state index contributed by atoms with van der Waals surface area (Å²) in [6.07, 6.45) is 5.54. The Morgan fingerprint density at radius 3 is 2.36 bits per heavy atom. The molecule has 1 aromatic heterocycles. The third-order valence-electron chi connectivity index (χ3n) is 5.46. The molecule has 0 spiro atoms. The number of aryl methyl sites for hydroxylation is 1. The van der Waals surface area contributed by atoms with Gasteiger partial charge in [0.1, 0.15) is 0 Å². The zero-order chi connectivity index (χ0) is 20.3. The quantitative estimate of drug-likeness (QED) is 0.758. The lowest BCUT2D eigenvalue weighted by Crippen LogP contribution is -2.33. The Kier molecular flexibility index (Phi) is 6.12. The predicted octanol–water partition coefficient (Wildman–Crippen LogP) is 4.18. The van der Waals surface area contributed by atoms with Gasteiger partial charge in [0.15, 0.2) is 0 Å². The van der Waals surface area contributed by atoms with Crippen LogP contribution in [0, 0.1) is 13.8 Å². The molecule has 1 aliphatic rings. The Labute approximate surface area is 167 Å². The van der Waals surface area contributed by atoms with Crippen molar-refractivity contribution in [1.82, 2.24) is 15.6 Å². The summed E-state index contributed by atoms with van der Waals surface area (Å²) in [4.78, 5) is 29.4. The Balaban J connectivity index is 1.83. The fourth-order valence-electron chi connectivity index (χ4n) is 3.20. The Morgan fingerprint density at radius 2 is 1.79 bits per heavy atom. The maximum absolute atomic E-state index is 12.5. The minimum atomic E-state index is -0.0989. The van der Waals surface area contributed by atoms with E-state index < -0.39 is 0 Å². The largest absolute Gasteiger partial charge is 0.349 e. The van der Waals surface area contributed by atoms with E-state index in [1.165, 1.54) is 0 Å². The highest BCUT2D eigenvalue weighted by Crippen LogP contribution is 2.27. The second-order valence-electron chi connectivity index (χ2n) is 7.63. The van der Waals surface area contributed by atoms with E-state index in [2.05, 4.69) is 29.5 Å². The molecular formula is C23H29N3O2. The Bertz CT molecular complexity index is 866. The first-order chi connectivity index (χ1) is 13.4. The van der Waals surface area contributed by atoms with Crippen molar-refractivity contribution >= 4 is 11.8 Å². The van der Waals surface area contributed by atoms with Gasteiger partial charge in [-0.05, 0) is 74.9 Å². The van der Waals surface area contributed by atoms with Gasteiger partial charge in [-0.3, -0.25) is 14.6 Å². The summed E-state index contributed by atoms with van der Waals surface area (Å²) in [6, 6.07) is 7.97. The summed E-state index contributed by atoms with van der Waals surface area (Å²) in [5.41, 5.74) is 5.03. The topological polar surface area (TPSA) is 71.1 Å². The summed E-state index contributed by atoms with van der Waals surface area (Å²) in [6.45, 7) is 8.16. The molecule has 0 radical (unpaired) electrons. The molecule has 0 saturated heterocycles. The maximum atomic E-state index is 12.5. The molecule has 2 amide bonds. The van der Waals surface area contributed by atoms with Gasteiger partial charge in [0.2, 0.25) is 0 Å². The number of amides is 2. The highest BCUT2D eigenvalue weighted by atomic mass is 16.2. The number of rotatable bonds is 7. The number of pyridine rings is 1. The SMILES string of the molecule is CCC(CC)NC(=O)c1ccc(-c2cc(C(=O)NC3CC3)cc(C)c2C)nc1. The van der Waals surface area contributed by atoms with Crippen molar-refractivity contribution in [2.75, 3.05) is 0 Å². The molecule has 0 atom stereocenters. The number of nitrogens with one attached hydrogen (secondary N) is 2. The maximum Gasteiger partial charge on any atom is 0.253 e. The molecule has 28 heavy (non-hydrogen) atoms. The van der Waals surface area contributed by atoms with Crippen LogP contribution in [0.1, 0.15) is 71.4 Å². The van der Waals surface area contributed by atoms with E-state index in [9.17, 15) is 9.59 Å². The van der Waals surface area contributed by atoms with E-state index in [0.717, 1.165) is 48.1 Å². The van der Waals surface area contributed by atoms with Crippen LogP contribution in [0.4, 0.5) is 0 Å². The van der Waals surface area contributed by atoms with Gasteiger partial charge in [-0.1, -0.05) is 13.8 Å². The molecule has 148 valence electrons. The average molecular weight is 380 g/mol. The van der Waals surface area contributed by atoms with Gasteiger partial charge < -0.3 is 10.6 Å². The molecule has 1 fully saturated rings. The predicted molar refractivity (Wildman–Crippen MR) is 111 cm³/mol. The van der Waals surface area contributed by atoms with Gasteiger partial charge in [-0.2, -0.15) is 0 Å². The first-order valence-corrected chi connectivity index (χ1v) is 10.1. The number of carbonyl (C=O) groups excluding carboxylic acids is 2. The molecule has 3 rings (SSSR count). The van der Waals surface area contributed by atoms with Gasteiger partial charge in [-0.15, -0.1) is 0 Å². The molecule has 1 heterocycles. The van der Waals surface area contributed by atoms with Crippen molar-refractivity contribution in [3.63, 3.8) is 0 Å². The molecule has 0 aliphatic heterocycles. The smallest absolute Gasteiger partial charge is 0.253 e. The van der Waals surface area contributed by atoms with E-state index in [0.29, 0.717) is 17.2 Å². The standard InChI is InChI=1S/C23H29N3O2/c1-5-18(6-2)25-22(27)16-7-10-21(24-13-16)20-12-17(11-14(3)15(20)4)23(28)26-19-8-9-19/h7,10-13,18-19H,5-6,8-9H2,1-4H3,(H,25,27)(H,26,28). The highest BCUT2D eigenvalue weighted by molar-refractivity contribution is 5.97. The monoisotopic (exact) mass is 379 g/mol. The molecule has 1 aromatic carbocycles. The summed E-state index contributed by atoms with van der Waals surface area (Å²) in [7, 11) is 0. The van der Waals surface area contributed by atoms with Gasteiger partial charge in [-0.25, -0.2) is 0 Å². The van der Waals surface area contributed by atoms with Gasteiger partial charge in [0, 0.05) is 29.4 Å². The zero-order valence-corrected chi connectivity index (χ0v) is 17.1. The van der Waals surface area contributed by atoms with Crippen LogP contribution in [0.25, 0.3) is 11.3 Å². The number of carbonyl (C=O) groups is 2. The van der Waals surface area contributed by atoms with Crippen LogP contribution in [0.2, 0.25) is 0 Å². The van der Waals surface area contributed by atoms with Crippen LogP contribution in [-0.4, -0.2) is 28.9 Å². The van der Waals surface area contributed by atoms with Crippen molar-refractivity contribution < 1.29 is 9.59 Å². The van der Waals surface area contributed by atoms with Gasteiger partial charge >= 0.3 is 0 Å². The van der Waals surface area contributed by atoms with E-state index in [4.69, 9.17) is 0 Å². The van der Waals surface area contributed by atoms with Crippen molar-refractivity contribution in [2.24, 2.45) is 0 Å².